The molecule has 0 saturated carbocycles. The Morgan fingerprint density at radius 1 is 1.00 bits per heavy atom. The van der Waals surface area contributed by atoms with Crippen molar-refractivity contribution in [3.05, 3.63) is 87.8 Å². The molecule has 0 saturated heterocycles. The van der Waals surface area contributed by atoms with Crippen molar-refractivity contribution < 1.29 is 14.0 Å². The molecular formula is C20H12BrFN4O2. The van der Waals surface area contributed by atoms with Crippen molar-refractivity contribution in [3.63, 3.8) is 0 Å². The van der Waals surface area contributed by atoms with Crippen molar-refractivity contribution in [1.82, 2.24) is 4.98 Å². The van der Waals surface area contributed by atoms with Crippen molar-refractivity contribution in [2.24, 2.45) is 0 Å². The van der Waals surface area contributed by atoms with Gasteiger partial charge in [0.15, 0.2) is 0 Å². The van der Waals surface area contributed by atoms with E-state index in [9.17, 15) is 14.0 Å². The molecule has 0 bridgehead atoms. The van der Waals surface area contributed by atoms with Gasteiger partial charge in [0.1, 0.15) is 11.6 Å². The highest BCUT2D eigenvalue weighted by molar-refractivity contribution is 9.10. The topological polar surface area (TPSA) is 94.9 Å². The van der Waals surface area contributed by atoms with Gasteiger partial charge in [0, 0.05) is 16.2 Å². The van der Waals surface area contributed by atoms with Crippen LogP contribution in [0, 0.1) is 17.1 Å². The molecule has 8 heteroatoms. The first kappa shape index (κ1) is 19.2. The molecule has 1 heterocycles. The van der Waals surface area contributed by atoms with Crippen molar-refractivity contribution in [3.8, 4) is 6.07 Å². The first-order chi connectivity index (χ1) is 13.5. The largest absolute Gasteiger partial charge is 0.321 e. The summed E-state index contributed by atoms with van der Waals surface area (Å²) in [5.41, 5.74) is 0.807. The fourth-order valence-electron chi connectivity index (χ4n) is 2.34. The van der Waals surface area contributed by atoms with Crippen LogP contribution in [0.1, 0.15) is 26.3 Å². The van der Waals surface area contributed by atoms with E-state index in [1.807, 2.05) is 6.07 Å². The minimum absolute atomic E-state index is 0.0493. The number of aromatic nitrogens is 1. The number of benzene rings is 2. The van der Waals surface area contributed by atoms with Crippen LogP contribution in [-0.4, -0.2) is 16.8 Å². The van der Waals surface area contributed by atoms with Gasteiger partial charge >= 0.3 is 0 Å². The zero-order valence-electron chi connectivity index (χ0n) is 14.2. The molecular weight excluding hydrogens is 427 g/mol. The second kappa shape index (κ2) is 8.41. The van der Waals surface area contributed by atoms with Crippen LogP contribution < -0.4 is 10.6 Å². The van der Waals surface area contributed by atoms with E-state index in [4.69, 9.17) is 5.26 Å². The number of hydrogen-bond acceptors (Lipinski definition) is 4. The predicted octanol–water partition coefficient (Wildman–Crippen LogP) is 4.36. The maximum atomic E-state index is 13.7. The third-order valence-electron chi connectivity index (χ3n) is 3.72. The van der Waals surface area contributed by atoms with Gasteiger partial charge in [-0.25, -0.2) is 9.37 Å². The number of amides is 2. The highest BCUT2D eigenvalue weighted by Gasteiger charge is 2.16. The quantitative estimate of drug-likeness (QED) is 0.632. The minimum Gasteiger partial charge on any atom is -0.321 e. The summed E-state index contributed by atoms with van der Waals surface area (Å²) < 4.78 is 14.4. The highest BCUT2D eigenvalue weighted by Crippen LogP contribution is 2.20. The number of nitriles is 1. The van der Waals surface area contributed by atoms with E-state index in [-0.39, 0.29) is 17.1 Å². The van der Waals surface area contributed by atoms with Crippen molar-refractivity contribution in [2.75, 3.05) is 10.6 Å². The third kappa shape index (κ3) is 4.58. The van der Waals surface area contributed by atoms with Crippen LogP contribution in [0.15, 0.2) is 65.3 Å². The number of carbonyl (C=O) groups is 2. The number of rotatable bonds is 4. The second-order valence-corrected chi connectivity index (χ2v) is 6.56. The van der Waals surface area contributed by atoms with Crippen LogP contribution in [0.25, 0.3) is 0 Å². The lowest BCUT2D eigenvalue weighted by Gasteiger charge is -2.12. The van der Waals surface area contributed by atoms with Crippen LogP contribution >= 0.6 is 15.9 Å². The molecule has 138 valence electrons. The Kier molecular flexibility index (Phi) is 5.77. The van der Waals surface area contributed by atoms with Gasteiger partial charge < -0.3 is 10.6 Å². The molecule has 3 rings (SSSR count). The zero-order valence-corrected chi connectivity index (χ0v) is 15.8. The summed E-state index contributed by atoms with van der Waals surface area (Å²) in [6.45, 7) is 0. The van der Waals surface area contributed by atoms with Crippen molar-refractivity contribution in [1.29, 1.82) is 5.26 Å². The maximum absolute atomic E-state index is 13.7. The fourth-order valence-corrected chi connectivity index (χ4v) is 2.57. The first-order valence-electron chi connectivity index (χ1n) is 8.00. The molecule has 0 atom stereocenters. The van der Waals surface area contributed by atoms with Gasteiger partial charge in [-0.1, -0.05) is 0 Å². The van der Waals surface area contributed by atoms with Gasteiger partial charge in [-0.3, -0.25) is 9.59 Å². The fraction of sp³-hybridized carbons (Fsp3) is 0. The molecule has 2 N–H and O–H groups in total. The Morgan fingerprint density at radius 2 is 1.75 bits per heavy atom. The molecule has 0 fully saturated rings. The normalized spacial score (nSPS) is 10.0. The van der Waals surface area contributed by atoms with E-state index in [1.165, 1.54) is 36.5 Å². The predicted molar refractivity (Wildman–Crippen MR) is 105 cm³/mol. The molecule has 28 heavy (non-hydrogen) atoms. The number of hydrogen-bond donors (Lipinski definition) is 2. The number of pyridine rings is 1. The molecule has 0 aliphatic rings. The molecule has 0 unspecified atom stereocenters. The molecule has 6 nitrogen and oxygen atoms in total. The lowest BCUT2D eigenvalue weighted by Crippen LogP contribution is -2.19. The van der Waals surface area contributed by atoms with E-state index in [0.717, 1.165) is 16.6 Å². The van der Waals surface area contributed by atoms with E-state index in [1.54, 1.807) is 12.1 Å². The Bertz CT molecular complexity index is 1080. The van der Waals surface area contributed by atoms with Gasteiger partial charge in [-0.05, 0) is 70.5 Å². The Hall–Kier alpha value is -3.57. The monoisotopic (exact) mass is 438 g/mol. The molecule has 2 aromatic carbocycles. The number of anilines is 2. The van der Waals surface area contributed by atoms with E-state index in [2.05, 4.69) is 31.5 Å². The summed E-state index contributed by atoms with van der Waals surface area (Å²) in [4.78, 5) is 29.0. The van der Waals surface area contributed by atoms with Gasteiger partial charge in [0.2, 0.25) is 0 Å². The number of halogens is 2. The lowest BCUT2D eigenvalue weighted by atomic mass is 10.1. The van der Waals surface area contributed by atoms with Crippen LogP contribution in [0.5, 0.6) is 0 Å². The van der Waals surface area contributed by atoms with Crippen molar-refractivity contribution >= 4 is 39.2 Å². The molecule has 0 spiro atoms. The molecule has 0 aliphatic heterocycles. The second-order valence-electron chi connectivity index (χ2n) is 5.65. The minimum atomic E-state index is -0.621. The summed E-state index contributed by atoms with van der Waals surface area (Å²) in [7, 11) is 0. The SMILES string of the molecule is N#Cc1ccc(C(=O)Nc2ccc(F)cc2C(=O)Nc2ccc(Br)cn2)cc1. The van der Waals surface area contributed by atoms with Crippen LogP contribution in [0.3, 0.4) is 0 Å². The van der Waals surface area contributed by atoms with Crippen LogP contribution in [0.4, 0.5) is 15.9 Å². The Labute approximate surface area is 168 Å². The standard InChI is InChI=1S/C20H12BrFN4O2/c21-14-5-8-18(24-11-14)26-20(28)16-9-15(22)6-7-17(16)25-19(27)13-3-1-12(10-23)2-4-13/h1-9,11H,(H,25,27)(H,24,26,28). The van der Waals surface area contributed by atoms with E-state index < -0.39 is 17.6 Å². The van der Waals surface area contributed by atoms with Gasteiger partial charge in [0.05, 0.1) is 22.9 Å². The summed E-state index contributed by atoms with van der Waals surface area (Å²) >= 11 is 3.25. The molecule has 1 aromatic heterocycles. The molecule has 0 aliphatic carbocycles. The van der Waals surface area contributed by atoms with E-state index >= 15 is 0 Å². The number of nitrogens with one attached hydrogen (secondary N) is 2. The Balaban J connectivity index is 1.83. The smallest absolute Gasteiger partial charge is 0.259 e. The summed E-state index contributed by atoms with van der Waals surface area (Å²) in [6, 6.07) is 14.7. The lowest BCUT2D eigenvalue weighted by molar-refractivity contribution is 0.102. The number of nitrogens with zero attached hydrogens (tertiary/aromatic N) is 2. The number of carbonyl (C=O) groups excluding carboxylic acids is 2. The zero-order chi connectivity index (χ0) is 20.1. The van der Waals surface area contributed by atoms with Crippen LogP contribution in [-0.2, 0) is 0 Å². The third-order valence-corrected chi connectivity index (χ3v) is 4.19. The van der Waals surface area contributed by atoms with Gasteiger partial charge in [0.25, 0.3) is 11.8 Å². The van der Waals surface area contributed by atoms with Gasteiger partial charge in [-0.2, -0.15) is 5.26 Å². The highest BCUT2D eigenvalue weighted by atomic mass is 79.9. The maximum Gasteiger partial charge on any atom is 0.259 e. The van der Waals surface area contributed by atoms with E-state index in [0.29, 0.717) is 11.1 Å². The average molecular weight is 439 g/mol. The molecule has 2 amide bonds. The average Bonchev–Trinajstić information content (AvgIpc) is 2.71. The summed E-state index contributed by atoms with van der Waals surface area (Å²) in [5, 5.41) is 14.0. The van der Waals surface area contributed by atoms with Gasteiger partial charge in [-0.15, -0.1) is 0 Å². The van der Waals surface area contributed by atoms with Crippen molar-refractivity contribution in [2.45, 2.75) is 0 Å². The molecule has 0 radical (unpaired) electrons. The summed E-state index contributed by atoms with van der Waals surface area (Å²) in [5.74, 6) is -1.46. The summed E-state index contributed by atoms with van der Waals surface area (Å²) in [6.07, 6.45) is 1.51. The first-order valence-corrected chi connectivity index (χ1v) is 8.79. The Morgan fingerprint density at radius 3 is 2.39 bits per heavy atom. The molecule has 3 aromatic rings. The van der Waals surface area contributed by atoms with Crippen LogP contribution in [0.2, 0.25) is 0 Å².